The van der Waals surface area contributed by atoms with Crippen molar-refractivity contribution in [2.75, 3.05) is 42.9 Å². The van der Waals surface area contributed by atoms with E-state index in [2.05, 4.69) is 15.1 Å². The van der Waals surface area contributed by atoms with Crippen LogP contribution in [0.5, 0.6) is 17.5 Å². The number of nitrogens with zero attached hydrogens (tertiary/aromatic N) is 3. The van der Waals surface area contributed by atoms with Crippen LogP contribution in [0.4, 0.5) is 15.8 Å². The van der Waals surface area contributed by atoms with Crippen molar-refractivity contribution >= 4 is 11.4 Å². The number of aromatic nitrogens is 1. The third-order valence-electron chi connectivity index (χ3n) is 6.24. The van der Waals surface area contributed by atoms with Gasteiger partial charge in [-0.3, -0.25) is 9.47 Å². The fraction of sp³-hybridized carbons (Fsp3) is 0.583. The van der Waals surface area contributed by atoms with E-state index in [0.717, 1.165) is 57.7 Å². The average molecular weight is 447 g/mol. The van der Waals surface area contributed by atoms with Crippen molar-refractivity contribution in [3.8, 4) is 17.5 Å². The number of hydrogen-bond acceptors (Lipinski definition) is 6. The zero-order valence-corrected chi connectivity index (χ0v) is 19.3. The van der Waals surface area contributed by atoms with Gasteiger partial charge in [-0.15, -0.1) is 0 Å². The average Bonchev–Trinajstić information content (AvgIpc) is 3.56. The van der Waals surface area contributed by atoms with Crippen molar-refractivity contribution in [1.82, 2.24) is 9.47 Å². The van der Waals surface area contributed by atoms with E-state index in [0.29, 0.717) is 29.6 Å². The van der Waals surface area contributed by atoms with E-state index < -0.39 is 0 Å². The minimum atomic E-state index is -0.323. The lowest BCUT2D eigenvalue weighted by Gasteiger charge is -2.37. The van der Waals surface area contributed by atoms with Gasteiger partial charge in [0, 0.05) is 44.3 Å². The zero-order chi connectivity index (χ0) is 22.8. The van der Waals surface area contributed by atoms with Gasteiger partial charge < -0.3 is 25.2 Å². The normalized spacial score (nSPS) is 17.2. The number of rotatable bonds is 9. The zero-order valence-electron chi connectivity index (χ0n) is 19.3. The number of benzene rings is 1. The van der Waals surface area contributed by atoms with Crippen LogP contribution < -0.4 is 15.0 Å². The topological polar surface area (TPSA) is 73.1 Å². The minimum Gasteiger partial charge on any atom is -0.494 e. The van der Waals surface area contributed by atoms with E-state index in [9.17, 15) is 14.6 Å². The van der Waals surface area contributed by atoms with E-state index in [1.807, 2.05) is 26.8 Å². The van der Waals surface area contributed by atoms with E-state index in [1.165, 1.54) is 6.07 Å². The van der Waals surface area contributed by atoms with Gasteiger partial charge in [0.1, 0.15) is 5.69 Å². The second kappa shape index (κ2) is 9.48. The van der Waals surface area contributed by atoms with Gasteiger partial charge in [0.2, 0.25) is 5.88 Å². The van der Waals surface area contributed by atoms with Crippen LogP contribution in [-0.2, 0) is 6.54 Å². The largest absolute Gasteiger partial charge is 0.494 e. The molecule has 0 radical (unpaired) electrons. The van der Waals surface area contributed by atoms with E-state index in [1.54, 1.807) is 10.6 Å². The molecular weight excluding hydrogens is 411 g/mol. The van der Waals surface area contributed by atoms with E-state index in [-0.39, 0.29) is 23.7 Å². The first-order valence-corrected chi connectivity index (χ1v) is 11.6. The molecule has 32 heavy (non-hydrogen) atoms. The Morgan fingerprint density at radius 2 is 1.81 bits per heavy atom. The van der Waals surface area contributed by atoms with Gasteiger partial charge in [-0.1, -0.05) is 6.07 Å². The van der Waals surface area contributed by atoms with Gasteiger partial charge in [0.25, 0.3) is 0 Å². The van der Waals surface area contributed by atoms with E-state index >= 15 is 0 Å². The first kappa shape index (κ1) is 22.6. The first-order chi connectivity index (χ1) is 15.3. The molecule has 2 fully saturated rings. The van der Waals surface area contributed by atoms with Crippen molar-refractivity contribution in [2.45, 2.75) is 58.7 Å². The summed E-state index contributed by atoms with van der Waals surface area (Å²) in [5.41, 5.74) is 2.18. The highest BCUT2D eigenvalue weighted by Crippen LogP contribution is 2.40. The van der Waals surface area contributed by atoms with Crippen molar-refractivity contribution in [2.24, 2.45) is 0 Å². The maximum atomic E-state index is 14.3. The predicted molar refractivity (Wildman–Crippen MR) is 125 cm³/mol. The molecule has 1 aromatic carbocycles. The monoisotopic (exact) mass is 446 g/mol. The Bertz CT molecular complexity index is 934. The number of nitrogens with one attached hydrogen (secondary N) is 1. The number of anilines is 2. The standard InChI is InChI=1S/C24H35FN4O3/c1-16(2)32-22-19(25)6-4-7-20(22)28-14-12-27(13-15-28)10-5-11-29-23(30)17(3)21(24(29)31)26-18-8-9-18/h4,6-7,16,18,26,30-31H,5,8-15H2,1-3H3. The molecule has 2 aromatic rings. The van der Waals surface area contributed by atoms with Gasteiger partial charge in [0.05, 0.1) is 11.8 Å². The number of piperazine rings is 1. The van der Waals surface area contributed by atoms with Crippen molar-refractivity contribution in [3.63, 3.8) is 0 Å². The summed E-state index contributed by atoms with van der Waals surface area (Å²) in [6, 6.07) is 5.51. The smallest absolute Gasteiger partial charge is 0.218 e. The molecule has 0 spiro atoms. The summed E-state index contributed by atoms with van der Waals surface area (Å²) in [6.07, 6.45) is 2.95. The molecule has 3 N–H and O–H groups in total. The molecular formula is C24H35FN4O3. The Morgan fingerprint density at radius 3 is 2.47 bits per heavy atom. The van der Waals surface area contributed by atoms with Crippen LogP contribution in [-0.4, -0.2) is 64.5 Å². The lowest BCUT2D eigenvalue weighted by molar-refractivity contribution is 0.226. The Labute approximate surface area is 189 Å². The number of halogens is 1. The van der Waals surface area contributed by atoms with Crippen LogP contribution in [0, 0.1) is 12.7 Å². The van der Waals surface area contributed by atoms with Crippen molar-refractivity contribution in [3.05, 3.63) is 29.6 Å². The number of ether oxygens (including phenoxy) is 1. The number of aromatic hydroxyl groups is 2. The summed E-state index contributed by atoms with van der Waals surface area (Å²) in [7, 11) is 0. The van der Waals surface area contributed by atoms with Gasteiger partial charge in [-0.05, 0) is 58.7 Å². The highest BCUT2D eigenvalue weighted by molar-refractivity contribution is 5.65. The van der Waals surface area contributed by atoms with Crippen LogP contribution in [0.25, 0.3) is 0 Å². The Morgan fingerprint density at radius 1 is 1.09 bits per heavy atom. The predicted octanol–water partition coefficient (Wildman–Crippen LogP) is 3.92. The summed E-state index contributed by atoms with van der Waals surface area (Å²) < 4.78 is 21.7. The Kier molecular flexibility index (Phi) is 6.69. The molecule has 1 aromatic heterocycles. The Hall–Kier alpha value is -2.61. The molecule has 1 aliphatic heterocycles. The van der Waals surface area contributed by atoms with Gasteiger partial charge in [-0.25, -0.2) is 4.39 Å². The maximum absolute atomic E-state index is 14.3. The molecule has 7 nitrogen and oxygen atoms in total. The second-order valence-electron chi connectivity index (χ2n) is 9.15. The number of para-hydroxylation sites is 1. The SMILES string of the molecule is Cc1c(NC2CC2)c(O)n(CCCN2CCN(c3cccc(F)c3OC(C)C)CC2)c1O. The van der Waals surface area contributed by atoms with Crippen LogP contribution >= 0.6 is 0 Å². The molecule has 1 saturated heterocycles. The van der Waals surface area contributed by atoms with Gasteiger partial charge in [-0.2, -0.15) is 0 Å². The molecule has 0 amide bonds. The lowest BCUT2D eigenvalue weighted by Crippen LogP contribution is -2.47. The molecule has 0 unspecified atom stereocenters. The molecule has 2 aliphatic rings. The highest BCUT2D eigenvalue weighted by Gasteiger charge is 2.27. The molecule has 1 saturated carbocycles. The molecule has 0 atom stereocenters. The Balaban J connectivity index is 1.30. The summed E-state index contributed by atoms with van der Waals surface area (Å²) in [6.45, 7) is 10.4. The quantitative estimate of drug-likeness (QED) is 0.542. The molecule has 2 heterocycles. The first-order valence-electron chi connectivity index (χ1n) is 11.6. The van der Waals surface area contributed by atoms with Crippen molar-refractivity contribution < 1.29 is 19.3 Å². The summed E-state index contributed by atoms with van der Waals surface area (Å²) in [4.78, 5) is 4.55. The van der Waals surface area contributed by atoms with Crippen LogP contribution in [0.15, 0.2) is 18.2 Å². The molecule has 0 bridgehead atoms. The van der Waals surface area contributed by atoms with Crippen LogP contribution in [0.2, 0.25) is 0 Å². The molecule has 4 rings (SSSR count). The molecule has 8 heteroatoms. The summed E-state index contributed by atoms with van der Waals surface area (Å²) in [5.74, 6) is 0.274. The van der Waals surface area contributed by atoms with Gasteiger partial charge >= 0.3 is 0 Å². The second-order valence-corrected chi connectivity index (χ2v) is 9.15. The molecule has 176 valence electrons. The highest BCUT2D eigenvalue weighted by atomic mass is 19.1. The fourth-order valence-electron chi connectivity index (χ4n) is 4.30. The summed E-state index contributed by atoms with van der Waals surface area (Å²) >= 11 is 0. The number of hydrogen-bond donors (Lipinski definition) is 3. The van der Waals surface area contributed by atoms with E-state index in [4.69, 9.17) is 4.74 Å². The maximum Gasteiger partial charge on any atom is 0.218 e. The third kappa shape index (κ3) is 4.90. The third-order valence-corrected chi connectivity index (χ3v) is 6.24. The lowest BCUT2D eigenvalue weighted by atomic mass is 10.2. The molecule has 1 aliphatic carbocycles. The van der Waals surface area contributed by atoms with Crippen molar-refractivity contribution in [1.29, 1.82) is 0 Å². The summed E-state index contributed by atoms with van der Waals surface area (Å²) in [5, 5.41) is 24.3. The van der Waals surface area contributed by atoms with Crippen LogP contribution in [0.3, 0.4) is 0 Å². The van der Waals surface area contributed by atoms with Gasteiger partial charge in [0.15, 0.2) is 17.4 Å². The van der Waals surface area contributed by atoms with Crippen LogP contribution in [0.1, 0.15) is 38.7 Å². The minimum absolute atomic E-state index is 0.0860. The fourth-order valence-corrected chi connectivity index (χ4v) is 4.30.